The molecule has 1 N–H and O–H groups in total. The molecule has 16 heavy (non-hydrogen) atoms. The summed E-state index contributed by atoms with van der Waals surface area (Å²) in [5.74, 6) is -0.296. The molecular formula is C12H13FN2S. The van der Waals surface area contributed by atoms with E-state index >= 15 is 0 Å². The molecule has 2 aromatic rings. The van der Waals surface area contributed by atoms with E-state index < -0.39 is 0 Å². The van der Waals surface area contributed by atoms with Gasteiger partial charge in [0.1, 0.15) is 5.82 Å². The van der Waals surface area contributed by atoms with Crippen molar-refractivity contribution in [3.63, 3.8) is 0 Å². The van der Waals surface area contributed by atoms with E-state index in [1.165, 1.54) is 12.3 Å². The van der Waals surface area contributed by atoms with Crippen LogP contribution in [0.2, 0.25) is 0 Å². The normalized spacial score (nSPS) is 12.6. The fraction of sp³-hybridized carbons (Fsp3) is 0.250. The molecule has 2 nitrogen and oxygen atoms in total. The van der Waals surface area contributed by atoms with Crippen molar-refractivity contribution >= 4 is 11.3 Å². The van der Waals surface area contributed by atoms with Crippen LogP contribution in [0.5, 0.6) is 0 Å². The molecule has 0 bridgehead atoms. The Morgan fingerprint density at radius 1 is 1.44 bits per heavy atom. The third-order valence-corrected chi connectivity index (χ3v) is 3.05. The van der Waals surface area contributed by atoms with Crippen LogP contribution in [-0.2, 0) is 0 Å². The van der Waals surface area contributed by atoms with Crippen LogP contribution in [0.25, 0.3) is 0 Å². The lowest BCUT2D eigenvalue weighted by atomic mass is 10.0. The summed E-state index contributed by atoms with van der Waals surface area (Å²) in [6, 6.07) is 3.60. The number of hydrogen-bond acceptors (Lipinski definition) is 3. The van der Waals surface area contributed by atoms with E-state index in [1.54, 1.807) is 17.5 Å². The second kappa shape index (κ2) is 5.18. The molecule has 0 fully saturated rings. The summed E-state index contributed by atoms with van der Waals surface area (Å²) in [7, 11) is 0. The van der Waals surface area contributed by atoms with Gasteiger partial charge in [0, 0.05) is 6.20 Å². The summed E-state index contributed by atoms with van der Waals surface area (Å²) in [5.41, 5.74) is 2.01. The smallest absolute Gasteiger partial charge is 0.141 e. The molecule has 1 unspecified atom stereocenters. The van der Waals surface area contributed by atoms with Gasteiger partial charge in [-0.3, -0.25) is 4.98 Å². The molecule has 2 aromatic heterocycles. The molecule has 1 atom stereocenters. The number of hydrogen-bond donors (Lipinski definition) is 1. The van der Waals surface area contributed by atoms with Gasteiger partial charge < -0.3 is 5.32 Å². The zero-order valence-corrected chi connectivity index (χ0v) is 9.80. The van der Waals surface area contributed by atoms with E-state index in [4.69, 9.17) is 0 Å². The number of rotatable bonds is 4. The standard InChI is InChI=1S/C12H13FN2S/c1-2-15-12(9-3-4-16-8-9)10-5-11(13)7-14-6-10/h3-8,12,15H,2H2,1H3. The topological polar surface area (TPSA) is 24.9 Å². The maximum atomic E-state index is 13.1. The monoisotopic (exact) mass is 236 g/mol. The highest BCUT2D eigenvalue weighted by Crippen LogP contribution is 2.23. The van der Waals surface area contributed by atoms with E-state index in [0.29, 0.717) is 0 Å². The fourth-order valence-corrected chi connectivity index (χ4v) is 2.34. The fourth-order valence-electron chi connectivity index (χ4n) is 1.66. The first-order valence-electron chi connectivity index (χ1n) is 5.17. The molecule has 0 aromatic carbocycles. The van der Waals surface area contributed by atoms with E-state index in [9.17, 15) is 4.39 Å². The van der Waals surface area contributed by atoms with Crippen molar-refractivity contribution in [2.45, 2.75) is 13.0 Å². The summed E-state index contributed by atoms with van der Waals surface area (Å²) < 4.78 is 13.1. The van der Waals surface area contributed by atoms with Crippen molar-refractivity contribution in [3.8, 4) is 0 Å². The Morgan fingerprint density at radius 2 is 2.31 bits per heavy atom. The molecule has 0 aliphatic rings. The van der Waals surface area contributed by atoms with E-state index in [1.807, 2.05) is 18.4 Å². The van der Waals surface area contributed by atoms with Crippen molar-refractivity contribution in [3.05, 3.63) is 52.2 Å². The van der Waals surface area contributed by atoms with Crippen molar-refractivity contribution in [2.75, 3.05) is 6.54 Å². The molecule has 4 heteroatoms. The molecule has 0 amide bonds. The van der Waals surface area contributed by atoms with Crippen molar-refractivity contribution in [1.29, 1.82) is 0 Å². The SMILES string of the molecule is CCNC(c1ccsc1)c1cncc(F)c1. The molecule has 0 saturated heterocycles. The molecular weight excluding hydrogens is 223 g/mol. The van der Waals surface area contributed by atoms with Crippen LogP contribution in [0.15, 0.2) is 35.3 Å². The Hall–Kier alpha value is -1.26. The van der Waals surface area contributed by atoms with Gasteiger partial charge in [-0.25, -0.2) is 4.39 Å². The van der Waals surface area contributed by atoms with Gasteiger partial charge in [0.05, 0.1) is 12.2 Å². The average molecular weight is 236 g/mol. The van der Waals surface area contributed by atoms with Gasteiger partial charge in [-0.1, -0.05) is 6.92 Å². The minimum absolute atomic E-state index is 0.0273. The number of thiophene rings is 1. The third kappa shape index (κ3) is 2.46. The molecule has 0 spiro atoms. The van der Waals surface area contributed by atoms with Gasteiger partial charge in [0.2, 0.25) is 0 Å². The number of nitrogens with one attached hydrogen (secondary N) is 1. The quantitative estimate of drug-likeness (QED) is 0.882. The lowest BCUT2D eigenvalue weighted by Crippen LogP contribution is -2.21. The van der Waals surface area contributed by atoms with Crippen LogP contribution in [0, 0.1) is 5.82 Å². The van der Waals surface area contributed by atoms with Crippen LogP contribution in [0.4, 0.5) is 4.39 Å². The minimum atomic E-state index is -0.296. The summed E-state index contributed by atoms with van der Waals surface area (Å²) in [6.07, 6.45) is 2.92. The summed E-state index contributed by atoms with van der Waals surface area (Å²) in [4.78, 5) is 3.89. The van der Waals surface area contributed by atoms with E-state index in [0.717, 1.165) is 17.7 Å². The second-order valence-corrected chi connectivity index (χ2v) is 4.26. The molecule has 0 aliphatic heterocycles. The van der Waals surface area contributed by atoms with Gasteiger partial charge in [-0.05, 0) is 40.6 Å². The van der Waals surface area contributed by atoms with Crippen LogP contribution in [0.3, 0.4) is 0 Å². The van der Waals surface area contributed by atoms with Crippen molar-refractivity contribution in [2.24, 2.45) is 0 Å². The van der Waals surface area contributed by atoms with Crippen LogP contribution >= 0.6 is 11.3 Å². The third-order valence-electron chi connectivity index (χ3n) is 2.34. The summed E-state index contributed by atoms with van der Waals surface area (Å²) in [5, 5.41) is 7.42. The Kier molecular flexibility index (Phi) is 3.64. The van der Waals surface area contributed by atoms with Gasteiger partial charge in [0.15, 0.2) is 0 Å². The maximum Gasteiger partial charge on any atom is 0.141 e. The molecule has 0 radical (unpaired) electrons. The van der Waals surface area contributed by atoms with Crippen LogP contribution in [0.1, 0.15) is 24.1 Å². The predicted octanol–water partition coefficient (Wildman–Crippen LogP) is 2.98. The Balaban J connectivity index is 2.33. The summed E-state index contributed by atoms with van der Waals surface area (Å²) in [6.45, 7) is 2.86. The average Bonchev–Trinajstić information content (AvgIpc) is 2.79. The van der Waals surface area contributed by atoms with E-state index in [2.05, 4.69) is 15.7 Å². The number of aromatic nitrogens is 1. The highest BCUT2D eigenvalue weighted by molar-refractivity contribution is 7.08. The van der Waals surface area contributed by atoms with Crippen LogP contribution in [-0.4, -0.2) is 11.5 Å². The van der Waals surface area contributed by atoms with E-state index in [-0.39, 0.29) is 11.9 Å². The second-order valence-electron chi connectivity index (χ2n) is 3.48. The van der Waals surface area contributed by atoms with Gasteiger partial charge in [-0.15, -0.1) is 0 Å². The number of pyridine rings is 1. The molecule has 0 saturated carbocycles. The van der Waals surface area contributed by atoms with Gasteiger partial charge in [0.25, 0.3) is 0 Å². The Bertz CT molecular complexity index is 442. The first kappa shape index (κ1) is 11.2. The number of halogens is 1. The Labute approximate surface area is 98.2 Å². The highest BCUT2D eigenvalue weighted by atomic mass is 32.1. The lowest BCUT2D eigenvalue weighted by Gasteiger charge is -2.16. The van der Waals surface area contributed by atoms with Crippen molar-refractivity contribution < 1.29 is 4.39 Å². The molecule has 2 heterocycles. The number of nitrogens with zero attached hydrogens (tertiary/aromatic N) is 1. The summed E-state index contributed by atoms with van der Waals surface area (Å²) >= 11 is 1.64. The maximum absolute atomic E-state index is 13.1. The zero-order chi connectivity index (χ0) is 11.4. The van der Waals surface area contributed by atoms with Crippen molar-refractivity contribution in [1.82, 2.24) is 10.3 Å². The molecule has 0 aliphatic carbocycles. The minimum Gasteiger partial charge on any atom is -0.306 e. The first-order valence-corrected chi connectivity index (χ1v) is 6.11. The van der Waals surface area contributed by atoms with Gasteiger partial charge in [-0.2, -0.15) is 11.3 Å². The van der Waals surface area contributed by atoms with Crippen LogP contribution < -0.4 is 5.32 Å². The zero-order valence-electron chi connectivity index (χ0n) is 8.98. The molecule has 84 valence electrons. The molecule has 2 rings (SSSR count). The lowest BCUT2D eigenvalue weighted by molar-refractivity contribution is 0.596. The predicted molar refractivity (Wildman–Crippen MR) is 64.0 cm³/mol. The van der Waals surface area contributed by atoms with Gasteiger partial charge >= 0.3 is 0 Å². The highest BCUT2D eigenvalue weighted by Gasteiger charge is 2.13. The Morgan fingerprint density at radius 3 is 2.94 bits per heavy atom. The first-order chi connectivity index (χ1) is 7.81. The largest absolute Gasteiger partial charge is 0.306 e.